The van der Waals surface area contributed by atoms with Crippen LogP contribution in [0.2, 0.25) is 18.1 Å². The van der Waals surface area contributed by atoms with E-state index in [0.717, 1.165) is 49.1 Å². The minimum absolute atomic E-state index is 0.0530. The van der Waals surface area contributed by atoms with E-state index in [-0.39, 0.29) is 40.0 Å². The summed E-state index contributed by atoms with van der Waals surface area (Å²) in [6.07, 6.45) is 4.23. The topological polar surface area (TPSA) is 57.7 Å². The minimum Gasteiger partial charge on any atom is -0.559 e. The Morgan fingerprint density at radius 3 is 2.09 bits per heavy atom. The zero-order valence-corrected chi connectivity index (χ0v) is 30.7. The first-order valence-electron chi connectivity index (χ1n) is 16.9. The van der Waals surface area contributed by atoms with Crippen molar-refractivity contribution in [3.8, 4) is 0 Å². The monoisotopic (exact) mass is 619 g/mol. The van der Waals surface area contributed by atoms with E-state index >= 15 is 0 Å². The Morgan fingerprint density at radius 1 is 1.00 bits per heavy atom. The molecule has 1 aliphatic heterocycles. The number of aromatic nitrogens is 1. The number of hydrogen-bond donors (Lipinski definition) is 0. The lowest BCUT2D eigenvalue weighted by Gasteiger charge is -2.54. The molecule has 0 amide bonds. The number of pyridine rings is 1. The van der Waals surface area contributed by atoms with Crippen LogP contribution in [0.15, 0.2) is 24.3 Å². The predicted octanol–water partition coefficient (Wildman–Crippen LogP) is 10.5. The average molecular weight is 620 g/mol. The van der Waals surface area contributed by atoms with Crippen molar-refractivity contribution in [2.24, 2.45) is 5.41 Å². The smallest absolute Gasteiger partial charge is 0.303 e. The second-order valence-electron chi connectivity index (χ2n) is 17.4. The molecule has 3 atom stereocenters. The molecular weight excluding hydrogens is 563 g/mol. The summed E-state index contributed by atoms with van der Waals surface area (Å²) in [4.78, 5) is 18.1. The number of esters is 1. The van der Waals surface area contributed by atoms with Crippen LogP contribution >= 0.6 is 0 Å². The van der Waals surface area contributed by atoms with E-state index in [1.165, 1.54) is 29.2 Å². The van der Waals surface area contributed by atoms with Gasteiger partial charge in [0.15, 0.2) is 0 Å². The summed E-state index contributed by atoms with van der Waals surface area (Å²) < 4.78 is 20.9. The van der Waals surface area contributed by atoms with Crippen molar-refractivity contribution in [2.75, 3.05) is 0 Å². The van der Waals surface area contributed by atoms with Gasteiger partial charge >= 0.3 is 5.97 Å². The van der Waals surface area contributed by atoms with E-state index in [1.807, 2.05) is 0 Å². The molecule has 6 heteroatoms. The van der Waals surface area contributed by atoms with Gasteiger partial charge in [-0.1, -0.05) is 106 Å². The molecule has 1 fully saturated rings. The minimum atomic E-state index is -2.18. The first kappa shape index (κ1) is 33.3. The van der Waals surface area contributed by atoms with Gasteiger partial charge in [-0.25, -0.2) is 0 Å². The summed E-state index contributed by atoms with van der Waals surface area (Å²) in [5, 5.41) is 0.0530. The largest absolute Gasteiger partial charge is 0.559 e. The van der Waals surface area contributed by atoms with Crippen molar-refractivity contribution in [1.82, 2.24) is 4.98 Å². The summed E-state index contributed by atoms with van der Waals surface area (Å²) in [5.74, 6) is -0.0943. The predicted molar refractivity (Wildman–Crippen MR) is 180 cm³/mol. The molecule has 2 aromatic rings. The SMILES string of the molecule is CC(=O)O[C@H]1c2nc(C(C)C)c3c(c2[C@@H](O[Si-](C)(C)C(C)(C)C)CC1(C)C)C1(CCCC1)O[C@@H]3c1ccc(C(C)(C)C)cc1. The van der Waals surface area contributed by atoms with Gasteiger partial charge in [-0.15, -0.1) is 18.1 Å². The summed E-state index contributed by atoms with van der Waals surface area (Å²) >= 11 is 0. The van der Waals surface area contributed by atoms with Gasteiger partial charge in [-0.3, -0.25) is 9.78 Å². The quantitative estimate of drug-likeness (QED) is 0.246. The summed E-state index contributed by atoms with van der Waals surface area (Å²) in [6.45, 7) is 28.8. The molecule has 2 heterocycles. The maximum Gasteiger partial charge on any atom is 0.303 e. The van der Waals surface area contributed by atoms with Gasteiger partial charge in [0.1, 0.15) is 12.2 Å². The molecule has 2 aliphatic carbocycles. The van der Waals surface area contributed by atoms with E-state index in [1.54, 1.807) is 0 Å². The van der Waals surface area contributed by atoms with E-state index < -0.39 is 20.0 Å². The number of carbonyl (C=O) groups excluding carboxylic acids is 1. The van der Waals surface area contributed by atoms with Crippen molar-refractivity contribution in [1.29, 1.82) is 0 Å². The lowest BCUT2D eigenvalue weighted by molar-refractivity contribution is -0.156. The van der Waals surface area contributed by atoms with Crippen LogP contribution in [-0.4, -0.2) is 19.3 Å². The van der Waals surface area contributed by atoms with Gasteiger partial charge in [-0.05, 0) is 55.6 Å². The van der Waals surface area contributed by atoms with Gasteiger partial charge in [-0.2, -0.15) is 0 Å². The van der Waals surface area contributed by atoms with Crippen LogP contribution in [0, 0.1) is 5.41 Å². The Labute approximate surface area is 268 Å². The zero-order chi connectivity index (χ0) is 32.6. The maximum atomic E-state index is 12.6. The Bertz CT molecular complexity index is 1400. The molecular formula is C38H57NO4Si-. The van der Waals surface area contributed by atoms with Crippen molar-refractivity contribution >= 4 is 14.3 Å². The molecule has 243 valence electrons. The van der Waals surface area contributed by atoms with Crippen molar-refractivity contribution in [2.45, 2.75) is 162 Å². The normalized spacial score (nSPS) is 24.5. The van der Waals surface area contributed by atoms with Crippen LogP contribution < -0.4 is 0 Å². The molecule has 1 saturated carbocycles. The molecule has 44 heavy (non-hydrogen) atoms. The standard InChI is InChI=1S/C38H57NO4Si/c1-23(2)31-29-30(38(20-14-15-21-38)42-33(29)25-16-18-26(19-17-25)35(4,5)6)28-27(43-44(12,13)36(7,8)9)22-37(10,11)34(32(28)39-31)41-24(3)40/h16-19,23,27,33-34H,14-15,20-22H2,1-13H3/q-1/t27-,33+,34-/m0/s1. The molecule has 0 bridgehead atoms. The van der Waals surface area contributed by atoms with E-state index in [4.69, 9.17) is 18.9 Å². The van der Waals surface area contributed by atoms with Crippen LogP contribution in [0.1, 0.15) is 172 Å². The number of nitrogens with zero attached hydrogens (tertiary/aromatic N) is 1. The van der Waals surface area contributed by atoms with Gasteiger partial charge in [0.25, 0.3) is 0 Å². The van der Waals surface area contributed by atoms with Gasteiger partial charge in [0.2, 0.25) is 0 Å². The fourth-order valence-electron chi connectivity index (χ4n) is 7.49. The highest BCUT2D eigenvalue weighted by Gasteiger charge is 2.55. The molecule has 0 saturated heterocycles. The Morgan fingerprint density at radius 2 is 1.59 bits per heavy atom. The van der Waals surface area contributed by atoms with Crippen LogP contribution in [0.4, 0.5) is 0 Å². The number of benzene rings is 1. The lowest BCUT2D eigenvalue weighted by atomic mass is 9.68. The van der Waals surface area contributed by atoms with Crippen LogP contribution in [0.3, 0.4) is 0 Å². The number of hydrogen-bond acceptors (Lipinski definition) is 5. The van der Waals surface area contributed by atoms with Crippen LogP contribution in [0.25, 0.3) is 0 Å². The summed E-state index contributed by atoms with van der Waals surface area (Å²) in [7, 11) is -2.18. The first-order chi connectivity index (χ1) is 20.2. The van der Waals surface area contributed by atoms with Gasteiger partial charge in [0, 0.05) is 35.3 Å². The number of fused-ring (bicyclic) bond motifs is 4. The third-order valence-corrected chi connectivity index (χ3v) is 15.4. The summed E-state index contributed by atoms with van der Waals surface area (Å²) in [5.41, 5.74) is 7.47. The fraction of sp³-hybridized carbons (Fsp3) is 0.684. The second kappa shape index (κ2) is 11.1. The van der Waals surface area contributed by atoms with Crippen molar-refractivity contribution in [3.05, 3.63) is 63.5 Å². The molecule has 1 aromatic carbocycles. The third-order valence-electron chi connectivity index (χ3n) is 10.9. The van der Waals surface area contributed by atoms with Crippen molar-refractivity contribution in [3.63, 3.8) is 0 Å². The molecule has 0 radical (unpaired) electrons. The molecule has 1 aromatic heterocycles. The number of ether oxygens (including phenoxy) is 2. The molecule has 0 N–H and O–H groups in total. The van der Waals surface area contributed by atoms with E-state index in [0.29, 0.717) is 0 Å². The Hall–Kier alpha value is -2.02. The van der Waals surface area contributed by atoms with Crippen molar-refractivity contribution < 1.29 is 18.7 Å². The average Bonchev–Trinajstić information content (AvgIpc) is 3.49. The summed E-state index contributed by atoms with van der Waals surface area (Å²) in [6, 6.07) is 9.06. The van der Waals surface area contributed by atoms with E-state index in [9.17, 15) is 4.79 Å². The highest BCUT2D eigenvalue weighted by Crippen LogP contribution is 2.62. The molecule has 3 aliphatic rings. The van der Waals surface area contributed by atoms with Gasteiger partial charge in [0.05, 0.1) is 11.3 Å². The first-order valence-corrected chi connectivity index (χ1v) is 19.8. The van der Waals surface area contributed by atoms with Gasteiger partial charge < -0.3 is 13.9 Å². The maximum absolute atomic E-state index is 12.6. The van der Waals surface area contributed by atoms with Crippen LogP contribution in [-0.2, 0) is 29.7 Å². The molecule has 0 unspecified atom stereocenters. The zero-order valence-electron chi connectivity index (χ0n) is 29.7. The second-order valence-corrected chi connectivity index (χ2v) is 22.1. The molecule has 1 spiro atoms. The Kier molecular flexibility index (Phi) is 8.38. The Balaban J connectivity index is 1.82. The van der Waals surface area contributed by atoms with Crippen LogP contribution in [0.5, 0.6) is 0 Å². The third kappa shape index (κ3) is 5.73. The number of rotatable bonds is 5. The highest BCUT2D eigenvalue weighted by molar-refractivity contribution is 6.74. The number of carbonyl (C=O) groups is 1. The highest BCUT2D eigenvalue weighted by atomic mass is 28.4. The molecule has 5 nitrogen and oxygen atoms in total. The lowest BCUT2D eigenvalue weighted by Crippen LogP contribution is -2.45. The fourth-order valence-corrected chi connectivity index (χ4v) is 8.76. The van der Waals surface area contributed by atoms with E-state index in [2.05, 4.69) is 107 Å². The molecule has 5 rings (SSSR count).